The van der Waals surface area contributed by atoms with E-state index < -0.39 is 0 Å². The van der Waals surface area contributed by atoms with Crippen molar-refractivity contribution in [1.82, 2.24) is 10.2 Å². The van der Waals surface area contributed by atoms with Crippen LogP contribution in [0.5, 0.6) is 0 Å². The van der Waals surface area contributed by atoms with Crippen LogP contribution in [0.25, 0.3) is 0 Å². The molecule has 0 saturated carbocycles. The van der Waals surface area contributed by atoms with Crippen molar-refractivity contribution in [2.75, 3.05) is 13.1 Å². The van der Waals surface area contributed by atoms with Gasteiger partial charge in [0.05, 0.1) is 0 Å². The molecule has 0 aromatic rings. The monoisotopic (exact) mass is 226 g/mol. The normalized spacial score (nSPS) is 25.8. The van der Waals surface area contributed by atoms with Crippen LogP contribution in [0.1, 0.15) is 52.9 Å². The van der Waals surface area contributed by atoms with E-state index in [4.69, 9.17) is 0 Å². The minimum Gasteiger partial charge on any atom is -0.340 e. The molecule has 1 fully saturated rings. The van der Waals surface area contributed by atoms with Crippen LogP contribution in [0, 0.1) is 0 Å². The Morgan fingerprint density at radius 3 is 2.38 bits per heavy atom. The summed E-state index contributed by atoms with van der Waals surface area (Å²) in [6.45, 7) is 8.23. The predicted octanol–water partition coefficient (Wildman–Crippen LogP) is 2.17. The summed E-state index contributed by atoms with van der Waals surface area (Å²) in [7, 11) is 0. The van der Waals surface area contributed by atoms with Crippen molar-refractivity contribution in [2.24, 2.45) is 0 Å². The van der Waals surface area contributed by atoms with Gasteiger partial charge in [-0.1, -0.05) is 26.2 Å². The van der Waals surface area contributed by atoms with Gasteiger partial charge in [-0.2, -0.15) is 0 Å². The molecule has 1 heterocycles. The number of piperazine rings is 1. The summed E-state index contributed by atoms with van der Waals surface area (Å²) in [6, 6.07) is 0.867. The van der Waals surface area contributed by atoms with E-state index in [1.807, 2.05) is 4.90 Å². The fourth-order valence-corrected chi connectivity index (χ4v) is 2.39. The summed E-state index contributed by atoms with van der Waals surface area (Å²) < 4.78 is 0. The fourth-order valence-electron chi connectivity index (χ4n) is 2.39. The molecule has 1 amide bonds. The lowest BCUT2D eigenvalue weighted by Crippen LogP contribution is -2.55. The quantitative estimate of drug-likeness (QED) is 0.729. The van der Waals surface area contributed by atoms with E-state index in [0.717, 1.165) is 25.9 Å². The van der Waals surface area contributed by atoms with E-state index >= 15 is 0 Å². The van der Waals surface area contributed by atoms with Crippen molar-refractivity contribution >= 4 is 5.91 Å². The molecule has 1 aliphatic rings. The molecule has 0 radical (unpaired) electrons. The summed E-state index contributed by atoms with van der Waals surface area (Å²) in [4.78, 5) is 14.0. The molecule has 0 aliphatic carbocycles. The van der Waals surface area contributed by atoms with Gasteiger partial charge in [0, 0.05) is 31.6 Å². The van der Waals surface area contributed by atoms with Crippen molar-refractivity contribution in [2.45, 2.75) is 65.0 Å². The van der Waals surface area contributed by atoms with Crippen molar-refractivity contribution in [3.05, 3.63) is 0 Å². The Hall–Kier alpha value is -0.570. The maximum absolute atomic E-state index is 12.0. The number of hydrogen-bond acceptors (Lipinski definition) is 2. The Balaban J connectivity index is 2.24. The topological polar surface area (TPSA) is 32.3 Å². The number of unbranched alkanes of at least 4 members (excludes halogenated alkanes) is 3. The number of carbonyl (C=O) groups excluding carboxylic acids is 1. The first kappa shape index (κ1) is 13.5. The average molecular weight is 226 g/mol. The van der Waals surface area contributed by atoms with Crippen LogP contribution in [0.3, 0.4) is 0 Å². The van der Waals surface area contributed by atoms with E-state index in [1.165, 1.54) is 19.3 Å². The molecule has 1 aliphatic heterocycles. The van der Waals surface area contributed by atoms with Crippen LogP contribution in [-0.2, 0) is 4.79 Å². The van der Waals surface area contributed by atoms with Gasteiger partial charge in [-0.3, -0.25) is 4.79 Å². The molecule has 3 heteroatoms. The Kier molecular flexibility index (Phi) is 5.81. The largest absolute Gasteiger partial charge is 0.340 e. The lowest BCUT2D eigenvalue weighted by Gasteiger charge is -2.36. The molecule has 0 spiro atoms. The third-order valence-electron chi connectivity index (χ3n) is 3.15. The highest BCUT2D eigenvalue weighted by molar-refractivity contribution is 5.76. The molecule has 16 heavy (non-hydrogen) atoms. The molecular formula is C13H26N2O. The van der Waals surface area contributed by atoms with Crippen LogP contribution in [0.15, 0.2) is 0 Å². The van der Waals surface area contributed by atoms with Crippen molar-refractivity contribution < 1.29 is 4.79 Å². The molecule has 1 rings (SSSR count). The lowest BCUT2D eigenvalue weighted by molar-refractivity contribution is -0.133. The minimum atomic E-state index is 0.344. The highest BCUT2D eigenvalue weighted by Crippen LogP contribution is 2.09. The average Bonchev–Trinajstić information content (AvgIpc) is 2.22. The number of rotatable bonds is 5. The van der Waals surface area contributed by atoms with Crippen LogP contribution in [0.2, 0.25) is 0 Å². The van der Waals surface area contributed by atoms with E-state index in [-0.39, 0.29) is 0 Å². The van der Waals surface area contributed by atoms with Crippen LogP contribution >= 0.6 is 0 Å². The Bertz CT molecular complexity index is 208. The molecule has 3 nitrogen and oxygen atoms in total. The molecule has 94 valence electrons. The fraction of sp³-hybridized carbons (Fsp3) is 0.923. The second-order valence-corrected chi connectivity index (χ2v) is 5.08. The molecule has 0 bridgehead atoms. The molecule has 2 atom stereocenters. The summed E-state index contributed by atoms with van der Waals surface area (Å²) >= 11 is 0. The maximum atomic E-state index is 12.0. The Morgan fingerprint density at radius 1 is 1.19 bits per heavy atom. The van der Waals surface area contributed by atoms with E-state index in [1.54, 1.807) is 0 Å². The second-order valence-electron chi connectivity index (χ2n) is 5.08. The Labute approximate surface area is 99.6 Å². The van der Waals surface area contributed by atoms with Crippen LogP contribution < -0.4 is 5.32 Å². The maximum Gasteiger partial charge on any atom is 0.222 e. The highest BCUT2D eigenvalue weighted by Gasteiger charge is 2.23. The smallest absolute Gasteiger partial charge is 0.222 e. The van der Waals surface area contributed by atoms with E-state index in [9.17, 15) is 4.79 Å². The summed E-state index contributed by atoms with van der Waals surface area (Å²) in [5, 5.41) is 3.45. The van der Waals surface area contributed by atoms with Crippen molar-refractivity contribution in [3.63, 3.8) is 0 Å². The van der Waals surface area contributed by atoms with Gasteiger partial charge in [0.15, 0.2) is 0 Å². The molecule has 2 unspecified atom stereocenters. The molecule has 1 N–H and O–H groups in total. The minimum absolute atomic E-state index is 0.344. The van der Waals surface area contributed by atoms with E-state index in [2.05, 4.69) is 26.1 Å². The summed E-state index contributed by atoms with van der Waals surface area (Å²) in [6.07, 6.45) is 5.47. The van der Waals surface area contributed by atoms with E-state index in [0.29, 0.717) is 18.0 Å². The first-order chi connectivity index (χ1) is 7.63. The van der Waals surface area contributed by atoms with Crippen LogP contribution in [0.4, 0.5) is 0 Å². The standard InChI is InChI=1S/C13H26N2O/c1-4-5-6-7-8-13(16)15-9-11(2)14-12(3)10-15/h11-12,14H,4-10H2,1-3H3. The zero-order valence-corrected chi connectivity index (χ0v) is 11.0. The van der Waals surface area contributed by atoms with Gasteiger partial charge in [0.2, 0.25) is 5.91 Å². The predicted molar refractivity (Wildman–Crippen MR) is 67.4 cm³/mol. The molecule has 0 aromatic carbocycles. The van der Waals surface area contributed by atoms with Gasteiger partial charge in [-0.25, -0.2) is 0 Å². The Morgan fingerprint density at radius 2 is 1.81 bits per heavy atom. The summed E-state index contributed by atoms with van der Waals surface area (Å²) in [5.74, 6) is 0.344. The molecule has 1 saturated heterocycles. The van der Waals surface area contributed by atoms with Gasteiger partial charge < -0.3 is 10.2 Å². The molecular weight excluding hydrogens is 200 g/mol. The van der Waals surface area contributed by atoms with Gasteiger partial charge in [0.25, 0.3) is 0 Å². The van der Waals surface area contributed by atoms with Crippen molar-refractivity contribution in [3.8, 4) is 0 Å². The molecule has 0 aromatic heterocycles. The SMILES string of the molecule is CCCCCCC(=O)N1CC(C)NC(C)C1. The van der Waals surface area contributed by atoms with Gasteiger partial charge in [0.1, 0.15) is 0 Å². The second kappa shape index (κ2) is 6.89. The first-order valence-corrected chi connectivity index (χ1v) is 6.67. The number of nitrogens with zero attached hydrogens (tertiary/aromatic N) is 1. The number of carbonyl (C=O) groups is 1. The third kappa shape index (κ3) is 4.52. The lowest BCUT2D eigenvalue weighted by atomic mass is 10.1. The van der Waals surface area contributed by atoms with Gasteiger partial charge >= 0.3 is 0 Å². The first-order valence-electron chi connectivity index (χ1n) is 6.67. The number of nitrogens with one attached hydrogen (secondary N) is 1. The highest BCUT2D eigenvalue weighted by atomic mass is 16.2. The van der Waals surface area contributed by atoms with Gasteiger partial charge in [-0.15, -0.1) is 0 Å². The van der Waals surface area contributed by atoms with Crippen LogP contribution in [-0.4, -0.2) is 36.0 Å². The number of amides is 1. The van der Waals surface area contributed by atoms with Crippen molar-refractivity contribution in [1.29, 1.82) is 0 Å². The number of hydrogen-bond donors (Lipinski definition) is 1. The zero-order valence-electron chi connectivity index (χ0n) is 11.0. The third-order valence-corrected chi connectivity index (χ3v) is 3.15. The van der Waals surface area contributed by atoms with Gasteiger partial charge in [-0.05, 0) is 20.3 Å². The summed E-state index contributed by atoms with van der Waals surface area (Å²) in [5.41, 5.74) is 0. The zero-order chi connectivity index (χ0) is 12.0.